The Morgan fingerprint density at radius 2 is 1.88 bits per heavy atom. The molecule has 1 amide bonds. The van der Waals surface area contributed by atoms with Crippen LogP contribution in [0.3, 0.4) is 0 Å². The van der Waals surface area contributed by atoms with Gasteiger partial charge in [-0.3, -0.25) is 4.79 Å². The maximum Gasteiger partial charge on any atom is 0.228 e. The highest BCUT2D eigenvalue weighted by atomic mass is 35.5. The van der Waals surface area contributed by atoms with Gasteiger partial charge in [0.05, 0.1) is 7.11 Å². The monoisotopic (exact) mass is 348 g/mol. The fourth-order valence-electron chi connectivity index (χ4n) is 2.47. The van der Waals surface area contributed by atoms with E-state index < -0.39 is 0 Å². The Morgan fingerprint density at radius 1 is 1.17 bits per heavy atom. The van der Waals surface area contributed by atoms with E-state index in [2.05, 4.69) is 22.8 Å². The highest BCUT2D eigenvalue weighted by molar-refractivity contribution is 5.92. The van der Waals surface area contributed by atoms with Crippen LogP contribution in [0.4, 0.5) is 5.69 Å². The topological polar surface area (TPSA) is 50.4 Å². The third-order valence-electron chi connectivity index (χ3n) is 3.74. The number of carbonyl (C=O) groups excluding carboxylic acids is 1. The minimum Gasteiger partial charge on any atom is -0.496 e. The van der Waals surface area contributed by atoms with E-state index in [1.807, 2.05) is 50.4 Å². The van der Waals surface area contributed by atoms with Crippen molar-refractivity contribution < 1.29 is 9.53 Å². The van der Waals surface area contributed by atoms with Crippen LogP contribution in [0.25, 0.3) is 0 Å². The van der Waals surface area contributed by atoms with Crippen molar-refractivity contribution in [3.8, 4) is 5.75 Å². The summed E-state index contributed by atoms with van der Waals surface area (Å²) in [4.78, 5) is 12.1. The average molecular weight is 349 g/mol. The standard InChI is InChI=1S/C19H24N2O2.ClH/c1-14(13-20-2)19(22)21-17-9-10-18(23-3)16(12-17)11-15-7-5-4-6-8-15;/h4-10,12,14,20H,11,13H2,1-3H3,(H,21,22);1H. The van der Waals surface area contributed by atoms with E-state index in [0.29, 0.717) is 6.54 Å². The highest BCUT2D eigenvalue weighted by Gasteiger charge is 2.13. The number of anilines is 1. The first-order valence-corrected chi connectivity index (χ1v) is 7.80. The lowest BCUT2D eigenvalue weighted by Crippen LogP contribution is -2.28. The molecule has 1 unspecified atom stereocenters. The average Bonchev–Trinajstić information content (AvgIpc) is 2.56. The number of halogens is 1. The van der Waals surface area contributed by atoms with Crippen molar-refractivity contribution in [3.63, 3.8) is 0 Å². The van der Waals surface area contributed by atoms with Crippen LogP contribution in [0.1, 0.15) is 18.1 Å². The number of amides is 1. The fraction of sp³-hybridized carbons (Fsp3) is 0.316. The van der Waals surface area contributed by atoms with E-state index in [-0.39, 0.29) is 24.2 Å². The summed E-state index contributed by atoms with van der Waals surface area (Å²) in [5, 5.41) is 5.99. The second kappa shape index (κ2) is 9.96. The minimum absolute atomic E-state index is 0. The van der Waals surface area contributed by atoms with Crippen LogP contribution < -0.4 is 15.4 Å². The van der Waals surface area contributed by atoms with Gasteiger partial charge >= 0.3 is 0 Å². The van der Waals surface area contributed by atoms with Crippen LogP contribution in [0, 0.1) is 5.92 Å². The number of hydrogen-bond donors (Lipinski definition) is 2. The molecule has 5 heteroatoms. The number of rotatable bonds is 7. The summed E-state index contributed by atoms with van der Waals surface area (Å²) in [6.45, 7) is 2.55. The van der Waals surface area contributed by atoms with E-state index in [1.165, 1.54) is 5.56 Å². The van der Waals surface area contributed by atoms with Gasteiger partial charge < -0.3 is 15.4 Å². The van der Waals surface area contributed by atoms with Crippen molar-refractivity contribution in [1.82, 2.24) is 5.32 Å². The van der Waals surface area contributed by atoms with E-state index in [4.69, 9.17) is 4.74 Å². The van der Waals surface area contributed by atoms with Gasteiger partial charge in [-0.2, -0.15) is 0 Å². The van der Waals surface area contributed by atoms with Crippen molar-refractivity contribution in [1.29, 1.82) is 0 Å². The third-order valence-corrected chi connectivity index (χ3v) is 3.74. The van der Waals surface area contributed by atoms with Gasteiger partial charge in [-0.1, -0.05) is 37.3 Å². The van der Waals surface area contributed by atoms with Crippen molar-refractivity contribution in [2.24, 2.45) is 5.92 Å². The summed E-state index contributed by atoms with van der Waals surface area (Å²) < 4.78 is 5.44. The molecule has 24 heavy (non-hydrogen) atoms. The zero-order valence-corrected chi connectivity index (χ0v) is 15.2. The van der Waals surface area contributed by atoms with E-state index >= 15 is 0 Å². The quantitative estimate of drug-likeness (QED) is 0.805. The molecule has 0 bridgehead atoms. The zero-order valence-electron chi connectivity index (χ0n) is 14.3. The molecule has 130 valence electrons. The maximum atomic E-state index is 12.1. The van der Waals surface area contributed by atoms with Crippen LogP contribution in [0.15, 0.2) is 48.5 Å². The van der Waals surface area contributed by atoms with Crippen LogP contribution in [-0.4, -0.2) is 26.6 Å². The predicted octanol–water partition coefficient (Wildman–Crippen LogP) is 3.50. The number of nitrogens with one attached hydrogen (secondary N) is 2. The number of benzene rings is 2. The Labute approximate surface area is 150 Å². The molecule has 0 spiro atoms. The van der Waals surface area contributed by atoms with Crippen LogP contribution in [0.2, 0.25) is 0 Å². The normalized spacial score (nSPS) is 11.3. The molecule has 0 aliphatic carbocycles. The van der Waals surface area contributed by atoms with Gasteiger partial charge in [0.15, 0.2) is 0 Å². The largest absolute Gasteiger partial charge is 0.496 e. The molecule has 0 radical (unpaired) electrons. The molecule has 2 N–H and O–H groups in total. The lowest BCUT2D eigenvalue weighted by Gasteiger charge is -2.14. The highest BCUT2D eigenvalue weighted by Crippen LogP contribution is 2.25. The molecular formula is C19H25ClN2O2. The summed E-state index contributed by atoms with van der Waals surface area (Å²) in [7, 11) is 3.51. The van der Waals surface area contributed by atoms with Gasteiger partial charge in [0.1, 0.15) is 5.75 Å². The summed E-state index contributed by atoms with van der Waals surface area (Å²) in [5.74, 6) is 0.755. The first-order chi connectivity index (χ1) is 11.1. The van der Waals surface area contributed by atoms with Gasteiger partial charge in [0, 0.05) is 30.1 Å². The Balaban J connectivity index is 0.00000288. The molecule has 0 saturated heterocycles. The summed E-state index contributed by atoms with van der Waals surface area (Å²) in [6.07, 6.45) is 0.764. The Morgan fingerprint density at radius 3 is 2.50 bits per heavy atom. The number of ether oxygens (including phenoxy) is 1. The fourth-order valence-corrected chi connectivity index (χ4v) is 2.47. The molecule has 2 aromatic carbocycles. The first-order valence-electron chi connectivity index (χ1n) is 7.80. The van der Waals surface area contributed by atoms with Gasteiger partial charge in [-0.05, 0) is 30.8 Å². The van der Waals surface area contributed by atoms with Crippen molar-refractivity contribution in [2.45, 2.75) is 13.3 Å². The van der Waals surface area contributed by atoms with Crippen LogP contribution in [0.5, 0.6) is 5.75 Å². The van der Waals surface area contributed by atoms with E-state index in [1.54, 1.807) is 7.11 Å². The second-order valence-electron chi connectivity index (χ2n) is 5.64. The van der Waals surface area contributed by atoms with E-state index in [0.717, 1.165) is 23.4 Å². The summed E-state index contributed by atoms with van der Waals surface area (Å²) in [5.41, 5.74) is 3.06. The maximum absolute atomic E-state index is 12.1. The van der Waals surface area contributed by atoms with Crippen molar-refractivity contribution in [3.05, 3.63) is 59.7 Å². The molecule has 4 nitrogen and oxygen atoms in total. The zero-order chi connectivity index (χ0) is 16.7. The number of hydrogen-bond acceptors (Lipinski definition) is 3. The molecule has 0 aliphatic heterocycles. The van der Waals surface area contributed by atoms with Gasteiger partial charge in [0.25, 0.3) is 0 Å². The summed E-state index contributed by atoms with van der Waals surface area (Å²) in [6, 6.07) is 16.0. The molecule has 0 saturated carbocycles. The van der Waals surface area contributed by atoms with Gasteiger partial charge in [0.2, 0.25) is 5.91 Å². The molecule has 0 aliphatic rings. The molecule has 0 aromatic heterocycles. The van der Waals surface area contributed by atoms with Gasteiger partial charge in [-0.15, -0.1) is 12.4 Å². The molecule has 2 rings (SSSR count). The second-order valence-corrected chi connectivity index (χ2v) is 5.64. The Kier molecular flexibility index (Phi) is 8.30. The number of methoxy groups -OCH3 is 1. The minimum atomic E-state index is -0.0836. The lowest BCUT2D eigenvalue weighted by molar-refractivity contribution is -0.119. The lowest BCUT2D eigenvalue weighted by atomic mass is 10.0. The molecule has 0 heterocycles. The number of carbonyl (C=O) groups is 1. The van der Waals surface area contributed by atoms with Crippen molar-refractivity contribution in [2.75, 3.05) is 26.0 Å². The predicted molar refractivity (Wildman–Crippen MR) is 101 cm³/mol. The molecular weight excluding hydrogens is 324 g/mol. The van der Waals surface area contributed by atoms with Crippen LogP contribution >= 0.6 is 12.4 Å². The Hall–Kier alpha value is -2.04. The van der Waals surface area contributed by atoms with Gasteiger partial charge in [-0.25, -0.2) is 0 Å². The van der Waals surface area contributed by atoms with Crippen LogP contribution in [-0.2, 0) is 11.2 Å². The first kappa shape index (κ1) is 20.0. The molecule has 1 atom stereocenters. The van der Waals surface area contributed by atoms with Crippen molar-refractivity contribution >= 4 is 24.0 Å². The molecule has 0 fully saturated rings. The molecule has 2 aromatic rings. The smallest absolute Gasteiger partial charge is 0.228 e. The summed E-state index contributed by atoms with van der Waals surface area (Å²) >= 11 is 0. The van der Waals surface area contributed by atoms with E-state index in [9.17, 15) is 4.79 Å². The Bertz CT molecular complexity index is 647. The third kappa shape index (κ3) is 5.55. The SMILES string of the molecule is CNCC(C)C(=O)Nc1ccc(OC)c(Cc2ccccc2)c1.Cl.